The summed E-state index contributed by atoms with van der Waals surface area (Å²) in [7, 11) is 0. The van der Waals surface area contributed by atoms with Gasteiger partial charge in [-0.3, -0.25) is 14.4 Å². The molecular weight excluding hydrogens is 973 g/mol. The van der Waals surface area contributed by atoms with Crippen molar-refractivity contribution >= 4 is 17.9 Å². The van der Waals surface area contributed by atoms with Gasteiger partial charge in [0.05, 0.1) is 0 Å². The van der Waals surface area contributed by atoms with Crippen LogP contribution in [0.1, 0.15) is 303 Å². The molecule has 1 atom stereocenters. The molecule has 0 saturated heterocycles. The first-order chi connectivity index (χ1) is 39.0. The molecule has 1 unspecified atom stereocenters. The molecule has 0 aromatic rings. The Bertz CT molecular complexity index is 1640. The smallest absolute Gasteiger partial charge is 0.306 e. The van der Waals surface area contributed by atoms with E-state index in [0.717, 1.165) is 135 Å². The van der Waals surface area contributed by atoms with Crippen LogP contribution < -0.4 is 0 Å². The standard InChI is InChI=1S/C73H122O6/c1-4-7-10-13-16-19-21-23-25-27-28-29-30-31-32-33-34-35-36-37-38-39-40-41-42-43-44-46-47-49-51-54-57-60-63-66-72(75)78-69-70(68-77-71(74)65-62-59-56-53-18-15-12-9-6-3)79-73(76)67-64-61-58-55-52-50-48-45-26-24-22-20-17-14-11-8-5-2/h7,10,16,19,23,25,28-29,31-32,34-35,37-38,40-41,43-44,47,49,70H,4-6,8-9,11-15,17-18,20-22,24,26-27,30,33,36,39,42,45-46,48,50-69H2,1-3H3/b10-7-,19-16-,25-23-,29-28-,32-31-,35-34-,38-37-,41-40-,44-43-,49-47-. The van der Waals surface area contributed by atoms with Crippen molar-refractivity contribution in [3.8, 4) is 0 Å². The lowest BCUT2D eigenvalue weighted by molar-refractivity contribution is -0.167. The number of unbranched alkanes of at least 4 members (excludes halogenated alkanes) is 28. The van der Waals surface area contributed by atoms with Crippen LogP contribution in [0.5, 0.6) is 0 Å². The minimum Gasteiger partial charge on any atom is -0.462 e. The largest absolute Gasteiger partial charge is 0.462 e. The zero-order valence-corrected chi connectivity index (χ0v) is 51.6. The summed E-state index contributed by atoms with van der Waals surface area (Å²) < 4.78 is 16.9. The minimum absolute atomic E-state index is 0.0835. The molecule has 0 radical (unpaired) electrons. The topological polar surface area (TPSA) is 78.9 Å². The van der Waals surface area contributed by atoms with Crippen LogP contribution in [0, 0.1) is 0 Å². The molecule has 0 bridgehead atoms. The Kier molecular flexibility index (Phi) is 62.8. The molecule has 450 valence electrons. The van der Waals surface area contributed by atoms with E-state index in [1.807, 2.05) is 0 Å². The number of ether oxygens (including phenoxy) is 3. The molecule has 0 amide bonds. The zero-order valence-electron chi connectivity index (χ0n) is 51.6. The molecule has 6 heteroatoms. The normalized spacial score (nSPS) is 12.9. The summed E-state index contributed by atoms with van der Waals surface area (Å²) in [6.45, 7) is 6.51. The van der Waals surface area contributed by atoms with Gasteiger partial charge in [-0.15, -0.1) is 0 Å². The summed E-state index contributed by atoms with van der Waals surface area (Å²) in [4.78, 5) is 38.2. The highest BCUT2D eigenvalue weighted by Gasteiger charge is 2.19. The third-order valence-electron chi connectivity index (χ3n) is 14.0. The number of rotatable bonds is 59. The van der Waals surface area contributed by atoms with Crippen LogP contribution in [0.15, 0.2) is 122 Å². The molecule has 0 aliphatic heterocycles. The van der Waals surface area contributed by atoms with Gasteiger partial charge in [0.2, 0.25) is 0 Å². The summed E-state index contributed by atoms with van der Waals surface area (Å²) in [5.74, 6) is -0.904. The fraction of sp³-hybridized carbons (Fsp3) is 0.685. The summed E-state index contributed by atoms with van der Waals surface area (Å²) in [5, 5.41) is 0. The van der Waals surface area contributed by atoms with Crippen LogP contribution >= 0.6 is 0 Å². The maximum absolute atomic E-state index is 12.9. The molecule has 0 aliphatic rings. The van der Waals surface area contributed by atoms with Gasteiger partial charge in [0.15, 0.2) is 6.10 Å². The number of hydrogen-bond acceptors (Lipinski definition) is 6. The summed E-state index contributed by atoms with van der Waals surface area (Å²) >= 11 is 0. The Morgan fingerprint density at radius 2 is 0.494 bits per heavy atom. The third kappa shape index (κ3) is 64.5. The molecular formula is C73H122O6. The van der Waals surface area contributed by atoms with E-state index in [1.54, 1.807) is 0 Å². The summed E-state index contributed by atoms with van der Waals surface area (Å²) in [6, 6.07) is 0. The number of carbonyl (C=O) groups excluding carboxylic acids is 3. The summed E-state index contributed by atoms with van der Waals surface area (Å²) in [6.07, 6.45) is 92.2. The van der Waals surface area contributed by atoms with E-state index in [1.165, 1.54) is 128 Å². The third-order valence-corrected chi connectivity index (χ3v) is 14.0. The summed E-state index contributed by atoms with van der Waals surface area (Å²) in [5.41, 5.74) is 0. The highest BCUT2D eigenvalue weighted by atomic mass is 16.6. The van der Waals surface area contributed by atoms with Crippen molar-refractivity contribution in [2.45, 2.75) is 309 Å². The first kappa shape index (κ1) is 74.8. The Balaban J connectivity index is 4.23. The number of hydrogen-bond donors (Lipinski definition) is 0. The first-order valence-corrected chi connectivity index (χ1v) is 33.0. The number of allylic oxidation sites excluding steroid dienone is 20. The van der Waals surface area contributed by atoms with E-state index >= 15 is 0 Å². The number of esters is 3. The van der Waals surface area contributed by atoms with E-state index in [-0.39, 0.29) is 31.1 Å². The molecule has 0 saturated carbocycles. The van der Waals surface area contributed by atoms with Crippen molar-refractivity contribution in [2.75, 3.05) is 13.2 Å². The van der Waals surface area contributed by atoms with Gasteiger partial charge < -0.3 is 14.2 Å². The maximum Gasteiger partial charge on any atom is 0.306 e. The molecule has 79 heavy (non-hydrogen) atoms. The average Bonchev–Trinajstić information content (AvgIpc) is 3.45. The van der Waals surface area contributed by atoms with Gasteiger partial charge in [0, 0.05) is 19.3 Å². The van der Waals surface area contributed by atoms with Crippen molar-refractivity contribution < 1.29 is 28.6 Å². The molecule has 0 rings (SSSR count). The van der Waals surface area contributed by atoms with Crippen LogP contribution in [0.4, 0.5) is 0 Å². The van der Waals surface area contributed by atoms with E-state index < -0.39 is 6.10 Å². The lowest BCUT2D eigenvalue weighted by Crippen LogP contribution is -2.30. The Morgan fingerprint density at radius 3 is 0.772 bits per heavy atom. The van der Waals surface area contributed by atoms with Crippen molar-refractivity contribution in [3.63, 3.8) is 0 Å². The highest BCUT2D eigenvalue weighted by molar-refractivity contribution is 5.71. The minimum atomic E-state index is -0.787. The molecule has 6 nitrogen and oxygen atoms in total. The predicted octanol–water partition coefficient (Wildman–Crippen LogP) is 22.8. The number of carbonyl (C=O) groups is 3. The Morgan fingerprint density at radius 1 is 0.266 bits per heavy atom. The van der Waals surface area contributed by atoms with E-state index in [2.05, 4.69) is 142 Å². The average molecular weight is 1100 g/mol. The quantitative estimate of drug-likeness (QED) is 0.0261. The van der Waals surface area contributed by atoms with E-state index in [0.29, 0.717) is 19.3 Å². The van der Waals surface area contributed by atoms with Gasteiger partial charge in [-0.05, 0) is 96.3 Å². The molecule has 0 spiro atoms. The van der Waals surface area contributed by atoms with Crippen molar-refractivity contribution in [1.29, 1.82) is 0 Å². The Hall–Kier alpha value is -4.19. The van der Waals surface area contributed by atoms with Crippen molar-refractivity contribution in [2.24, 2.45) is 0 Å². The van der Waals surface area contributed by atoms with Crippen molar-refractivity contribution in [1.82, 2.24) is 0 Å². The monoisotopic (exact) mass is 1090 g/mol. The first-order valence-electron chi connectivity index (χ1n) is 33.0. The van der Waals surface area contributed by atoms with Gasteiger partial charge in [-0.1, -0.05) is 309 Å². The Labute approximate surface area is 488 Å². The second kappa shape index (κ2) is 66.3. The van der Waals surface area contributed by atoms with Gasteiger partial charge in [0.1, 0.15) is 13.2 Å². The second-order valence-corrected chi connectivity index (χ2v) is 21.7. The lowest BCUT2D eigenvalue weighted by atomic mass is 10.0. The fourth-order valence-corrected chi connectivity index (χ4v) is 9.06. The van der Waals surface area contributed by atoms with Gasteiger partial charge >= 0.3 is 17.9 Å². The van der Waals surface area contributed by atoms with Crippen molar-refractivity contribution in [3.05, 3.63) is 122 Å². The van der Waals surface area contributed by atoms with Gasteiger partial charge in [-0.25, -0.2) is 0 Å². The molecule has 0 heterocycles. The molecule has 0 N–H and O–H groups in total. The molecule has 0 aromatic carbocycles. The van der Waals surface area contributed by atoms with Crippen LogP contribution in [0.2, 0.25) is 0 Å². The maximum atomic E-state index is 12.9. The zero-order chi connectivity index (χ0) is 57.1. The molecule has 0 aliphatic carbocycles. The second-order valence-electron chi connectivity index (χ2n) is 21.7. The SMILES string of the molecule is CC/C=C\C/C=C\C/C=C\C/C=C\C/C=C\C/C=C\C/C=C\C/C=C\C/C=C\C/C=C\CCCCCCC(=O)OCC(COC(=O)CCCCCCCCCCC)OC(=O)CCCCCCCCCCCCCCCCCCC. The van der Waals surface area contributed by atoms with Crippen LogP contribution in [-0.4, -0.2) is 37.2 Å². The molecule has 0 fully saturated rings. The predicted molar refractivity (Wildman–Crippen MR) is 343 cm³/mol. The molecule has 0 aromatic heterocycles. The van der Waals surface area contributed by atoms with Gasteiger partial charge in [0.25, 0.3) is 0 Å². The van der Waals surface area contributed by atoms with Crippen LogP contribution in [0.25, 0.3) is 0 Å². The van der Waals surface area contributed by atoms with E-state index in [9.17, 15) is 14.4 Å². The highest BCUT2D eigenvalue weighted by Crippen LogP contribution is 2.16. The van der Waals surface area contributed by atoms with E-state index in [4.69, 9.17) is 14.2 Å². The van der Waals surface area contributed by atoms with Crippen LogP contribution in [0.3, 0.4) is 0 Å². The lowest BCUT2D eigenvalue weighted by Gasteiger charge is -2.18. The van der Waals surface area contributed by atoms with Crippen LogP contribution in [-0.2, 0) is 28.6 Å². The van der Waals surface area contributed by atoms with Gasteiger partial charge in [-0.2, -0.15) is 0 Å². The fourth-order valence-electron chi connectivity index (χ4n) is 9.06.